The van der Waals surface area contributed by atoms with Crippen LogP contribution in [0.2, 0.25) is 0 Å². The molecule has 0 aliphatic carbocycles. The summed E-state index contributed by atoms with van der Waals surface area (Å²) in [4.78, 5) is 12.4. The summed E-state index contributed by atoms with van der Waals surface area (Å²) in [5.74, 6) is 1.20. The number of hydrogen-bond acceptors (Lipinski definition) is 5. The third-order valence-electron chi connectivity index (χ3n) is 5.44. The maximum atomic E-state index is 12.4. The lowest BCUT2D eigenvalue weighted by Gasteiger charge is -2.23. The van der Waals surface area contributed by atoms with E-state index in [0.29, 0.717) is 30.2 Å². The Labute approximate surface area is 201 Å². The standard InChI is InChI=1S/C26H30N2O5S/c1-19-5-12-25(17-20(19)2)33-16-15-27-26(29)22-8-6-21(7-9-22)18-28(34(4,30)31)23-10-13-24(32-3)14-11-23/h5-14,17H,15-16,18H2,1-4H3,(H,27,29). The summed E-state index contributed by atoms with van der Waals surface area (Å²) >= 11 is 0. The molecular weight excluding hydrogens is 452 g/mol. The van der Waals surface area contributed by atoms with Crippen LogP contribution in [0, 0.1) is 13.8 Å². The van der Waals surface area contributed by atoms with Crippen LogP contribution in [0.1, 0.15) is 27.0 Å². The Bertz CT molecular complexity index is 1220. The fraction of sp³-hybridized carbons (Fsp3) is 0.269. The number of benzene rings is 3. The van der Waals surface area contributed by atoms with Gasteiger partial charge in [-0.3, -0.25) is 9.10 Å². The quantitative estimate of drug-likeness (QED) is 0.440. The molecule has 0 saturated carbocycles. The van der Waals surface area contributed by atoms with E-state index in [1.165, 1.54) is 16.1 Å². The molecular formula is C26H30N2O5S. The Morgan fingerprint density at radius 1 is 0.912 bits per heavy atom. The Kier molecular flexibility index (Phi) is 8.17. The minimum absolute atomic E-state index is 0.150. The number of nitrogens with zero attached hydrogens (tertiary/aromatic N) is 1. The molecule has 1 N–H and O–H groups in total. The minimum Gasteiger partial charge on any atom is -0.497 e. The van der Waals surface area contributed by atoms with Crippen LogP contribution in [-0.2, 0) is 16.6 Å². The Morgan fingerprint density at radius 2 is 1.56 bits per heavy atom. The van der Waals surface area contributed by atoms with E-state index >= 15 is 0 Å². The molecule has 0 aliphatic rings. The number of nitrogens with one attached hydrogen (secondary N) is 1. The zero-order valence-corrected chi connectivity index (χ0v) is 20.7. The number of amides is 1. The Hall–Kier alpha value is -3.52. The molecule has 34 heavy (non-hydrogen) atoms. The average molecular weight is 483 g/mol. The van der Waals surface area contributed by atoms with Crippen LogP contribution in [0.5, 0.6) is 11.5 Å². The van der Waals surface area contributed by atoms with Crippen molar-refractivity contribution in [2.45, 2.75) is 20.4 Å². The molecule has 0 bridgehead atoms. The number of carbonyl (C=O) groups excluding carboxylic acids is 1. The van der Waals surface area contributed by atoms with Crippen molar-refractivity contribution in [3.8, 4) is 11.5 Å². The SMILES string of the molecule is COc1ccc(N(Cc2ccc(C(=O)NCCOc3ccc(C)c(C)c3)cc2)S(C)(=O)=O)cc1. The summed E-state index contributed by atoms with van der Waals surface area (Å²) in [5, 5.41) is 2.83. The van der Waals surface area contributed by atoms with E-state index in [-0.39, 0.29) is 12.5 Å². The molecule has 7 nitrogen and oxygen atoms in total. The normalized spacial score (nSPS) is 11.1. The van der Waals surface area contributed by atoms with E-state index in [1.54, 1.807) is 55.6 Å². The van der Waals surface area contributed by atoms with Gasteiger partial charge in [0.2, 0.25) is 10.0 Å². The third-order valence-corrected chi connectivity index (χ3v) is 6.58. The summed E-state index contributed by atoms with van der Waals surface area (Å²) in [6.45, 7) is 4.95. The fourth-order valence-electron chi connectivity index (χ4n) is 3.32. The lowest BCUT2D eigenvalue weighted by molar-refractivity contribution is 0.0947. The zero-order chi connectivity index (χ0) is 24.7. The highest BCUT2D eigenvalue weighted by atomic mass is 32.2. The largest absolute Gasteiger partial charge is 0.497 e. The number of ether oxygens (including phenoxy) is 2. The number of rotatable bonds is 10. The molecule has 0 spiro atoms. The van der Waals surface area contributed by atoms with Gasteiger partial charge in [-0.25, -0.2) is 8.42 Å². The molecule has 0 atom stereocenters. The van der Waals surface area contributed by atoms with Crippen molar-refractivity contribution >= 4 is 21.6 Å². The van der Waals surface area contributed by atoms with E-state index in [1.807, 2.05) is 32.0 Å². The number of methoxy groups -OCH3 is 1. The van der Waals surface area contributed by atoms with Gasteiger partial charge in [0.1, 0.15) is 18.1 Å². The second-order valence-electron chi connectivity index (χ2n) is 8.02. The van der Waals surface area contributed by atoms with Gasteiger partial charge in [-0.2, -0.15) is 0 Å². The second-order valence-corrected chi connectivity index (χ2v) is 9.92. The summed E-state index contributed by atoms with van der Waals surface area (Å²) in [5.41, 5.74) is 4.14. The van der Waals surface area contributed by atoms with E-state index in [2.05, 4.69) is 5.32 Å². The van der Waals surface area contributed by atoms with Gasteiger partial charge in [0, 0.05) is 5.56 Å². The smallest absolute Gasteiger partial charge is 0.251 e. The van der Waals surface area contributed by atoms with Crippen molar-refractivity contribution in [3.63, 3.8) is 0 Å². The van der Waals surface area contributed by atoms with E-state index in [9.17, 15) is 13.2 Å². The number of sulfonamides is 1. The van der Waals surface area contributed by atoms with Gasteiger partial charge in [0.05, 0.1) is 32.1 Å². The monoisotopic (exact) mass is 482 g/mol. The van der Waals surface area contributed by atoms with Crippen molar-refractivity contribution in [1.82, 2.24) is 5.32 Å². The van der Waals surface area contributed by atoms with Crippen LogP contribution < -0.4 is 19.1 Å². The zero-order valence-electron chi connectivity index (χ0n) is 19.9. The van der Waals surface area contributed by atoms with E-state index < -0.39 is 10.0 Å². The first-order valence-corrected chi connectivity index (χ1v) is 12.7. The number of anilines is 1. The number of aryl methyl sites for hydroxylation is 2. The summed E-state index contributed by atoms with van der Waals surface area (Å²) in [6.07, 6.45) is 1.17. The summed E-state index contributed by atoms with van der Waals surface area (Å²) in [6, 6.07) is 19.6. The lowest BCUT2D eigenvalue weighted by atomic mass is 10.1. The van der Waals surface area contributed by atoms with Crippen molar-refractivity contribution in [2.75, 3.05) is 30.8 Å². The van der Waals surface area contributed by atoms with E-state index in [4.69, 9.17) is 9.47 Å². The van der Waals surface area contributed by atoms with Crippen molar-refractivity contribution in [3.05, 3.63) is 89.0 Å². The minimum atomic E-state index is -3.51. The molecule has 180 valence electrons. The van der Waals surface area contributed by atoms with Crippen molar-refractivity contribution in [2.24, 2.45) is 0 Å². The highest BCUT2D eigenvalue weighted by Crippen LogP contribution is 2.23. The molecule has 3 aromatic rings. The van der Waals surface area contributed by atoms with E-state index in [0.717, 1.165) is 16.9 Å². The molecule has 0 unspecified atom stereocenters. The topological polar surface area (TPSA) is 84.9 Å². The van der Waals surface area contributed by atoms with Gasteiger partial charge < -0.3 is 14.8 Å². The first-order valence-electron chi connectivity index (χ1n) is 10.9. The molecule has 3 aromatic carbocycles. The lowest BCUT2D eigenvalue weighted by Crippen LogP contribution is -2.29. The van der Waals surface area contributed by atoms with Gasteiger partial charge >= 0.3 is 0 Å². The highest BCUT2D eigenvalue weighted by molar-refractivity contribution is 7.92. The molecule has 0 aliphatic heterocycles. The van der Waals surface area contributed by atoms with Crippen LogP contribution in [0.25, 0.3) is 0 Å². The summed E-state index contributed by atoms with van der Waals surface area (Å²) in [7, 11) is -1.95. The van der Waals surface area contributed by atoms with Gasteiger partial charge in [-0.15, -0.1) is 0 Å². The second kappa shape index (κ2) is 11.1. The molecule has 0 radical (unpaired) electrons. The predicted octanol–water partition coefficient (Wildman–Crippen LogP) is 4.09. The maximum absolute atomic E-state index is 12.4. The molecule has 1 amide bonds. The van der Waals surface area contributed by atoms with Crippen LogP contribution >= 0.6 is 0 Å². The van der Waals surface area contributed by atoms with Gasteiger partial charge in [-0.05, 0) is 79.1 Å². The first-order chi connectivity index (χ1) is 16.2. The summed E-state index contributed by atoms with van der Waals surface area (Å²) < 4.78 is 36.9. The van der Waals surface area contributed by atoms with Crippen LogP contribution in [-0.4, -0.2) is 40.8 Å². The molecule has 8 heteroatoms. The highest BCUT2D eigenvalue weighted by Gasteiger charge is 2.18. The maximum Gasteiger partial charge on any atom is 0.251 e. The molecule has 0 aromatic heterocycles. The average Bonchev–Trinajstić information content (AvgIpc) is 2.82. The third kappa shape index (κ3) is 6.74. The van der Waals surface area contributed by atoms with Crippen molar-refractivity contribution in [1.29, 1.82) is 0 Å². The first kappa shape index (κ1) is 25.1. The molecule has 0 fully saturated rings. The molecule has 3 rings (SSSR count). The van der Waals surface area contributed by atoms with Crippen LogP contribution in [0.4, 0.5) is 5.69 Å². The predicted molar refractivity (Wildman–Crippen MR) is 134 cm³/mol. The fourth-order valence-corrected chi connectivity index (χ4v) is 4.20. The van der Waals surface area contributed by atoms with Gasteiger partial charge in [0.25, 0.3) is 5.91 Å². The van der Waals surface area contributed by atoms with Crippen LogP contribution in [0.3, 0.4) is 0 Å². The van der Waals surface area contributed by atoms with Gasteiger partial charge in [0.15, 0.2) is 0 Å². The molecule has 0 heterocycles. The van der Waals surface area contributed by atoms with Crippen LogP contribution in [0.15, 0.2) is 66.7 Å². The Morgan fingerprint density at radius 3 is 2.15 bits per heavy atom. The Balaban J connectivity index is 1.57. The number of hydrogen-bond donors (Lipinski definition) is 1. The number of carbonyl (C=O) groups is 1. The van der Waals surface area contributed by atoms with Crippen molar-refractivity contribution < 1.29 is 22.7 Å². The molecule has 0 saturated heterocycles. The van der Waals surface area contributed by atoms with Gasteiger partial charge in [-0.1, -0.05) is 18.2 Å².